The van der Waals surface area contributed by atoms with E-state index in [2.05, 4.69) is 50.4 Å². The molecule has 1 aliphatic rings. The second-order valence-corrected chi connectivity index (χ2v) is 7.71. The van der Waals surface area contributed by atoms with Gasteiger partial charge >= 0.3 is 5.76 Å². The van der Waals surface area contributed by atoms with E-state index in [0.29, 0.717) is 11.9 Å². The van der Waals surface area contributed by atoms with E-state index in [4.69, 9.17) is 4.42 Å². The molecule has 4 aromatic rings. The third-order valence-corrected chi connectivity index (χ3v) is 5.94. The largest absolute Gasteiger partial charge is 0.434 e. The van der Waals surface area contributed by atoms with Gasteiger partial charge in [0.15, 0.2) is 0 Å². The molecule has 2 aromatic heterocycles. The first-order valence-corrected chi connectivity index (χ1v) is 9.86. The van der Waals surface area contributed by atoms with E-state index in [0.717, 1.165) is 24.2 Å². The summed E-state index contributed by atoms with van der Waals surface area (Å²) in [5.41, 5.74) is 6.38. The van der Waals surface area contributed by atoms with E-state index in [1.165, 1.54) is 28.7 Å². The van der Waals surface area contributed by atoms with Gasteiger partial charge in [0.05, 0.1) is 15.7 Å². The second kappa shape index (κ2) is 6.75. The third-order valence-electron chi connectivity index (χ3n) is 5.13. The minimum atomic E-state index is -0.536. The van der Waals surface area contributed by atoms with Crippen molar-refractivity contribution in [1.82, 2.24) is 20.1 Å². The number of hydrogen-bond acceptors (Lipinski definition) is 6. The van der Waals surface area contributed by atoms with Gasteiger partial charge in [0.1, 0.15) is 0 Å². The van der Waals surface area contributed by atoms with Gasteiger partial charge < -0.3 is 4.42 Å². The van der Waals surface area contributed by atoms with Crippen LogP contribution in [0.4, 0.5) is 0 Å². The fraction of sp³-hybridized carbons (Fsp3) is 0.250. The molecule has 0 spiro atoms. The Morgan fingerprint density at radius 1 is 1.22 bits per heavy atom. The van der Waals surface area contributed by atoms with Gasteiger partial charge in [-0.3, -0.25) is 4.90 Å². The Bertz CT molecular complexity index is 1130. The first kappa shape index (κ1) is 16.4. The Kier molecular flexibility index (Phi) is 4.10. The molecule has 0 unspecified atom stereocenters. The highest BCUT2D eigenvalue weighted by atomic mass is 32.1. The Labute approximate surface area is 159 Å². The van der Waals surface area contributed by atoms with Crippen molar-refractivity contribution in [3.05, 3.63) is 69.7 Å². The van der Waals surface area contributed by atoms with Crippen LogP contribution in [0, 0.1) is 0 Å². The molecule has 0 aliphatic carbocycles. The highest BCUT2D eigenvalue weighted by Crippen LogP contribution is 2.35. The van der Waals surface area contributed by atoms with Crippen molar-refractivity contribution in [2.24, 2.45) is 0 Å². The van der Waals surface area contributed by atoms with Gasteiger partial charge in [-0.2, -0.15) is 0 Å². The predicted octanol–water partition coefficient (Wildman–Crippen LogP) is 3.98. The summed E-state index contributed by atoms with van der Waals surface area (Å²) >= 11 is 1.68. The van der Waals surface area contributed by atoms with Crippen molar-refractivity contribution in [3.8, 4) is 11.5 Å². The highest BCUT2D eigenvalue weighted by Gasteiger charge is 2.26. The van der Waals surface area contributed by atoms with Crippen molar-refractivity contribution >= 4 is 21.6 Å². The number of hydrogen-bond donors (Lipinski definition) is 1. The van der Waals surface area contributed by atoms with Crippen LogP contribution in [0.2, 0.25) is 0 Å². The molecule has 136 valence electrons. The fourth-order valence-electron chi connectivity index (χ4n) is 3.82. The van der Waals surface area contributed by atoms with Crippen LogP contribution >= 0.6 is 11.3 Å². The van der Waals surface area contributed by atoms with Gasteiger partial charge in [-0.1, -0.05) is 18.2 Å². The number of nitrogens with zero attached hydrogens (tertiary/aromatic N) is 3. The van der Waals surface area contributed by atoms with Crippen LogP contribution in [0.3, 0.4) is 0 Å². The highest BCUT2D eigenvalue weighted by molar-refractivity contribution is 7.16. The Morgan fingerprint density at radius 3 is 2.93 bits per heavy atom. The monoisotopic (exact) mass is 378 g/mol. The molecule has 1 atom stereocenters. The zero-order valence-corrected chi connectivity index (χ0v) is 15.4. The first-order valence-electron chi connectivity index (χ1n) is 8.98. The summed E-state index contributed by atoms with van der Waals surface area (Å²) in [5.74, 6) is -0.215. The lowest BCUT2D eigenvalue weighted by Gasteiger charge is -2.25. The zero-order chi connectivity index (χ0) is 18.2. The zero-order valence-electron chi connectivity index (χ0n) is 14.6. The van der Waals surface area contributed by atoms with Gasteiger partial charge in [-0.05, 0) is 54.8 Å². The molecule has 1 N–H and O–H groups in total. The molecular formula is C20H18N4O2S. The van der Waals surface area contributed by atoms with Gasteiger partial charge in [-0.15, -0.1) is 16.4 Å². The number of aromatic nitrogens is 3. The molecule has 2 aromatic carbocycles. The second-order valence-electron chi connectivity index (χ2n) is 6.82. The van der Waals surface area contributed by atoms with Crippen molar-refractivity contribution in [2.45, 2.75) is 25.4 Å². The number of benzene rings is 2. The topological polar surface area (TPSA) is 75.0 Å². The van der Waals surface area contributed by atoms with Crippen molar-refractivity contribution < 1.29 is 4.42 Å². The molecule has 0 saturated carbocycles. The Hall–Kier alpha value is -2.77. The molecule has 5 rings (SSSR count). The van der Waals surface area contributed by atoms with E-state index in [1.807, 2.05) is 17.6 Å². The summed E-state index contributed by atoms with van der Waals surface area (Å²) in [4.78, 5) is 18.1. The summed E-state index contributed by atoms with van der Waals surface area (Å²) < 4.78 is 6.25. The summed E-state index contributed by atoms with van der Waals surface area (Å²) in [6.45, 7) is 1.99. The number of likely N-dealkylation sites (tertiary alicyclic amines) is 1. The number of thiazole rings is 1. The van der Waals surface area contributed by atoms with Crippen LogP contribution in [0.15, 0.2) is 57.2 Å². The average Bonchev–Trinajstić information content (AvgIpc) is 3.42. The molecule has 1 fully saturated rings. The number of H-pyrrole nitrogens is 1. The summed E-state index contributed by atoms with van der Waals surface area (Å²) in [7, 11) is 0. The maximum absolute atomic E-state index is 11.1. The average molecular weight is 378 g/mol. The molecule has 1 aliphatic heterocycles. The van der Waals surface area contributed by atoms with E-state index in [1.54, 1.807) is 11.3 Å². The minimum Gasteiger partial charge on any atom is -0.388 e. The van der Waals surface area contributed by atoms with Gasteiger partial charge in [0.25, 0.3) is 0 Å². The summed E-state index contributed by atoms with van der Waals surface area (Å²) in [6, 6.07) is 15.1. The van der Waals surface area contributed by atoms with Crippen LogP contribution in [0.25, 0.3) is 21.7 Å². The molecule has 6 nitrogen and oxygen atoms in total. The Balaban J connectivity index is 1.35. The molecule has 0 bridgehead atoms. The van der Waals surface area contributed by atoms with Gasteiger partial charge in [0.2, 0.25) is 5.89 Å². The van der Waals surface area contributed by atoms with Gasteiger partial charge in [-0.25, -0.2) is 14.9 Å². The van der Waals surface area contributed by atoms with Crippen LogP contribution in [0.5, 0.6) is 0 Å². The molecule has 27 heavy (non-hydrogen) atoms. The summed E-state index contributed by atoms with van der Waals surface area (Å²) in [5, 5.41) is 6.16. The first-order chi connectivity index (χ1) is 13.3. The summed E-state index contributed by atoms with van der Waals surface area (Å²) in [6.07, 6.45) is 2.38. The van der Waals surface area contributed by atoms with E-state index in [9.17, 15) is 4.79 Å². The van der Waals surface area contributed by atoms with Crippen molar-refractivity contribution in [3.63, 3.8) is 0 Å². The molecule has 0 amide bonds. The number of aromatic amines is 1. The number of rotatable bonds is 4. The molecule has 1 saturated heterocycles. The molecule has 7 heteroatoms. The van der Waals surface area contributed by atoms with Gasteiger partial charge in [0, 0.05) is 18.2 Å². The van der Waals surface area contributed by atoms with E-state index in [-0.39, 0.29) is 0 Å². The maximum atomic E-state index is 11.1. The SMILES string of the molecule is O=c1[nH]nc(-c2ccc(CN3CCC[C@H]3c3ccc4scnc4c3)cc2)o1. The van der Waals surface area contributed by atoms with Crippen LogP contribution in [-0.4, -0.2) is 26.6 Å². The number of nitrogens with one attached hydrogen (secondary N) is 1. The fourth-order valence-corrected chi connectivity index (χ4v) is 4.47. The lowest BCUT2D eigenvalue weighted by molar-refractivity contribution is 0.248. The normalized spacial score (nSPS) is 17.7. The quantitative estimate of drug-likeness (QED) is 0.581. The van der Waals surface area contributed by atoms with Crippen LogP contribution in [-0.2, 0) is 6.54 Å². The Morgan fingerprint density at radius 2 is 2.11 bits per heavy atom. The van der Waals surface area contributed by atoms with Crippen molar-refractivity contribution in [2.75, 3.05) is 6.54 Å². The third kappa shape index (κ3) is 3.20. The van der Waals surface area contributed by atoms with E-state index < -0.39 is 5.76 Å². The molecule has 0 radical (unpaired) electrons. The lowest BCUT2D eigenvalue weighted by Crippen LogP contribution is -2.22. The molecule has 3 heterocycles. The maximum Gasteiger partial charge on any atom is 0.434 e. The van der Waals surface area contributed by atoms with Crippen LogP contribution in [0.1, 0.15) is 30.0 Å². The smallest absolute Gasteiger partial charge is 0.388 e. The predicted molar refractivity (Wildman–Crippen MR) is 105 cm³/mol. The minimum absolute atomic E-state index is 0.321. The van der Waals surface area contributed by atoms with Crippen molar-refractivity contribution in [1.29, 1.82) is 0 Å². The number of fused-ring (bicyclic) bond motifs is 1. The van der Waals surface area contributed by atoms with Crippen LogP contribution < -0.4 is 5.76 Å². The van der Waals surface area contributed by atoms with E-state index >= 15 is 0 Å². The standard InChI is InChI=1S/C20H18N4O2S/c25-20-23-22-19(26-20)14-5-3-13(4-6-14)11-24-9-1-2-17(24)15-7-8-18-16(10-15)21-12-27-18/h3-8,10,12,17H,1-2,9,11H2,(H,23,25)/t17-/m0/s1. The lowest BCUT2D eigenvalue weighted by atomic mass is 10.0. The molecular weight excluding hydrogens is 360 g/mol.